The lowest BCUT2D eigenvalue weighted by Crippen LogP contribution is -2.51. The summed E-state index contributed by atoms with van der Waals surface area (Å²) in [6.45, 7) is -0.497. The predicted octanol–water partition coefficient (Wildman–Crippen LogP) is 1.89. The van der Waals surface area contributed by atoms with Crippen LogP contribution in [0.1, 0.15) is 5.56 Å². The zero-order chi connectivity index (χ0) is 21.9. The van der Waals surface area contributed by atoms with Crippen molar-refractivity contribution in [2.75, 3.05) is 32.8 Å². The van der Waals surface area contributed by atoms with Gasteiger partial charge in [0.15, 0.2) is 24.1 Å². The van der Waals surface area contributed by atoms with Gasteiger partial charge in [0.2, 0.25) is 10.0 Å². The summed E-state index contributed by atoms with van der Waals surface area (Å²) in [5.74, 6) is -5.09. The molecule has 0 radical (unpaired) electrons. The van der Waals surface area contributed by atoms with Gasteiger partial charge in [0.05, 0.1) is 11.6 Å². The van der Waals surface area contributed by atoms with Crippen LogP contribution in [0.5, 0.6) is 5.75 Å². The average molecular weight is 439 g/mol. The Morgan fingerprint density at radius 3 is 2.23 bits per heavy atom. The summed E-state index contributed by atoms with van der Waals surface area (Å²) in [5.41, 5.74) is 0.448. The van der Waals surface area contributed by atoms with Gasteiger partial charge in [0, 0.05) is 26.2 Å². The van der Waals surface area contributed by atoms with Crippen molar-refractivity contribution in [2.45, 2.75) is 4.90 Å². The Morgan fingerprint density at radius 1 is 1.00 bits per heavy atom. The molecule has 158 valence electrons. The highest BCUT2D eigenvalue weighted by Crippen LogP contribution is 2.24. The van der Waals surface area contributed by atoms with Gasteiger partial charge < -0.3 is 9.64 Å². The highest BCUT2D eigenvalue weighted by Gasteiger charge is 2.33. The fourth-order valence-corrected chi connectivity index (χ4v) is 4.36. The maximum Gasteiger partial charge on any atom is 0.260 e. The van der Waals surface area contributed by atoms with Crippen molar-refractivity contribution in [3.63, 3.8) is 0 Å². The number of rotatable bonds is 5. The third-order valence-electron chi connectivity index (χ3n) is 4.55. The molecule has 1 heterocycles. The molecule has 7 nitrogen and oxygen atoms in total. The number of carbonyl (C=O) groups is 1. The standard InChI is InChI=1S/C19H16F3N3O4S/c20-15-5-6-16(19(22)18(15)21)30(27,28)25-9-7-24(8-10-25)17(26)12-29-14-3-1-13(11-23)2-4-14/h1-6H,7-10,12H2. The van der Waals surface area contributed by atoms with Crippen molar-refractivity contribution >= 4 is 15.9 Å². The molecule has 1 saturated heterocycles. The number of hydrogen-bond donors (Lipinski definition) is 0. The van der Waals surface area contributed by atoms with Crippen molar-refractivity contribution in [1.29, 1.82) is 5.26 Å². The number of amides is 1. The van der Waals surface area contributed by atoms with Gasteiger partial charge >= 0.3 is 0 Å². The summed E-state index contributed by atoms with van der Waals surface area (Å²) in [4.78, 5) is 12.7. The Labute approximate surface area is 170 Å². The fourth-order valence-electron chi connectivity index (χ4n) is 2.89. The van der Waals surface area contributed by atoms with Crippen LogP contribution in [0, 0.1) is 28.8 Å². The summed E-state index contributed by atoms with van der Waals surface area (Å²) in [6, 6.07) is 9.36. The van der Waals surface area contributed by atoms with Crippen LogP contribution in [0.4, 0.5) is 13.2 Å². The maximum atomic E-state index is 13.9. The SMILES string of the molecule is N#Cc1ccc(OCC(=O)N2CCN(S(=O)(=O)c3ccc(F)c(F)c3F)CC2)cc1. The largest absolute Gasteiger partial charge is 0.484 e. The fraction of sp³-hybridized carbons (Fsp3) is 0.263. The number of ether oxygens (including phenoxy) is 1. The van der Waals surface area contributed by atoms with E-state index in [1.165, 1.54) is 4.90 Å². The number of nitrogens with zero attached hydrogens (tertiary/aromatic N) is 3. The zero-order valence-electron chi connectivity index (χ0n) is 15.5. The van der Waals surface area contributed by atoms with Crippen LogP contribution in [0.15, 0.2) is 41.3 Å². The Bertz CT molecular complexity index is 1090. The molecule has 0 N–H and O–H groups in total. The highest BCUT2D eigenvalue weighted by atomic mass is 32.2. The molecule has 3 rings (SSSR count). The molecule has 1 aliphatic heterocycles. The lowest BCUT2D eigenvalue weighted by Gasteiger charge is -2.34. The topological polar surface area (TPSA) is 90.7 Å². The van der Waals surface area contributed by atoms with Gasteiger partial charge in [0.25, 0.3) is 5.91 Å². The number of hydrogen-bond acceptors (Lipinski definition) is 5. The Kier molecular flexibility index (Phi) is 6.28. The van der Waals surface area contributed by atoms with E-state index in [9.17, 15) is 26.4 Å². The minimum absolute atomic E-state index is 0.0279. The number of halogens is 3. The van der Waals surface area contributed by atoms with Gasteiger partial charge in [-0.2, -0.15) is 9.57 Å². The highest BCUT2D eigenvalue weighted by molar-refractivity contribution is 7.89. The maximum absolute atomic E-state index is 13.9. The molecule has 0 atom stereocenters. The van der Waals surface area contributed by atoms with Gasteiger partial charge in [-0.25, -0.2) is 21.6 Å². The second-order valence-corrected chi connectivity index (χ2v) is 8.29. The van der Waals surface area contributed by atoms with E-state index in [1.54, 1.807) is 24.3 Å². The van der Waals surface area contributed by atoms with E-state index in [1.807, 2.05) is 6.07 Å². The van der Waals surface area contributed by atoms with E-state index in [-0.39, 0.29) is 38.7 Å². The molecule has 0 bridgehead atoms. The first-order chi connectivity index (χ1) is 14.2. The minimum Gasteiger partial charge on any atom is -0.484 e. The normalized spacial score (nSPS) is 14.9. The van der Waals surface area contributed by atoms with Gasteiger partial charge in [0.1, 0.15) is 10.6 Å². The van der Waals surface area contributed by atoms with Crippen LogP contribution in [0.3, 0.4) is 0 Å². The lowest BCUT2D eigenvalue weighted by molar-refractivity contribution is -0.134. The van der Waals surface area contributed by atoms with E-state index < -0.39 is 32.4 Å². The van der Waals surface area contributed by atoms with Crippen molar-refractivity contribution in [3.8, 4) is 11.8 Å². The van der Waals surface area contributed by atoms with E-state index in [4.69, 9.17) is 10.00 Å². The number of carbonyl (C=O) groups excluding carboxylic acids is 1. The number of nitriles is 1. The quantitative estimate of drug-likeness (QED) is 0.664. The van der Waals surface area contributed by atoms with Crippen molar-refractivity contribution < 1.29 is 31.1 Å². The van der Waals surface area contributed by atoms with Gasteiger partial charge in [-0.3, -0.25) is 4.79 Å². The molecule has 2 aromatic rings. The molecule has 0 unspecified atom stereocenters. The predicted molar refractivity (Wildman–Crippen MR) is 98.3 cm³/mol. The Morgan fingerprint density at radius 2 is 1.63 bits per heavy atom. The Balaban J connectivity index is 1.59. The van der Waals surface area contributed by atoms with E-state index >= 15 is 0 Å². The first-order valence-corrected chi connectivity index (χ1v) is 10.2. The molecule has 2 aromatic carbocycles. The zero-order valence-corrected chi connectivity index (χ0v) is 16.3. The number of benzene rings is 2. The van der Waals surface area contributed by atoms with Crippen LogP contribution in [0.25, 0.3) is 0 Å². The second kappa shape index (κ2) is 8.73. The monoisotopic (exact) mass is 439 g/mol. The van der Waals surface area contributed by atoms with E-state index in [2.05, 4.69) is 0 Å². The van der Waals surface area contributed by atoms with E-state index in [0.717, 1.165) is 4.31 Å². The van der Waals surface area contributed by atoms with Crippen LogP contribution in [-0.4, -0.2) is 56.3 Å². The van der Waals surface area contributed by atoms with Crippen molar-refractivity contribution in [1.82, 2.24) is 9.21 Å². The van der Waals surface area contributed by atoms with E-state index in [0.29, 0.717) is 23.4 Å². The van der Waals surface area contributed by atoms with Gasteiger partial charge in [-0.1, -0.05) is 0 Å². The molecule has 0 aromatic heterocycles. The first-order valence-electron chi connectivity index (χ1n) is 8.78. The van der Waals surface area contributed by atoms with Gasteiger partial charge in [-0.15, -0.1) is 0 Å². The van der Waals surface area contributed by atoms with Crippen molar-refractivity contribution in [2.24, 2.45) is 0 Å². The molecule has 0 aliphatic carbocycles. The molecular formula is C19H16F3N3O4S. The molecule has 1 amide bonds. The molecular weight excluding hydrogens is 423 g/mol. The number of sulfonamides is 1. The average Bonchev–Trinajstić information content (AvgIpc) is 2.76. The third kappa shape index (κ3) is 4.39. The smallest absolute Gasteiger partial charge is 0.260 e. The molecule has 11 heteroatoms. The first kappa shape index (κ1) is 21.6. The lowest BCUT2D eigenvalue weighted by atomic mass is 10.2. The summed E-state index contributed by atoms with van der Waals surface area (Å²) in [5, 5.41) is 8.75. The summed E-state index contributed by atoms with van der Waals surface area (Å²) in [7, 11) is -4.39. The molecule has 0 spiro atoms. The summed E-state index contributed by atoms with van der Waals surface area (Å²) in [6.07, 6.45) is 0. The van der Waals surface area contributed by atoms with Crippen LogP contribution < -0.4 is 4.74 Å². The Hall–Kier alpha value is -3.10. The minimum atomic E-state index is -4.39. The summed E-state index contributed by atoms with van der Waals surface area (Å²) < 4.78 is 71.8. The van der Waals surface area contributed by atoms with Crippen molar-refractivity contribution in [3.05, 3.63) is 59.4 Å². The molecule has 1 aliphatic rings. The molecule has 0 saturated carbocycles. The summed E-state index contributed by atoms with van der Waals surface area (Å²) >= 11 is 0. The molecule has 30 heavy (non-hydrogen) atoms. The molecule has 1 fully saturated rings. The number of piperazine rings is 1. The van der Waals surface area contributed by atoms with Crippen LogP contribution in [0.2, 0.25) is 0 Å². The third-order valence-corrected chi connectivity index (χ3v) is 6.47. The van der Waals surface area contributed by atoms with Crippen LogP contribution >= 0.6 is 0 Å². The van der Waals surface area contributed by atoms with Gasteiger partial charge in [-0.05, 0) is 36.4 Å². The van der Waals surface area contributed by atoms with Crippen LogP contribution in [-0.2, 0) is 14.8 Å². The second-order valence-electron chi connectivity index (χ2n) is 6.38.